The van der Waals surface area contributed by atoms with Gasteiger partial charge in [-0.2, -0.15) is 0 Å². The third-order valence-electron chi connectivity index (χ3n) is 4.83. The molecule has 1 amide bonds. The first-order valence-corrected chi connectivity index (χ1v) is 8.93. The number of hydrogen-bond donors (Lipinski definition) is 1. The summed E-state index contributed by atoms with van der Waals surface area (Å²) >= 11 is 1.85. The van der Waals surface area contributed by atoms with Crippen LogP contribution in [0.2, 0.25) is 0 Å². The van der Waals surface area contributed by atoms with Crippen LogP contribution in [-0.4, -0.2) is 54.2 Å². The Morgan fingerprint density at radius 3 is 2.83 bits per heavy atom. The van der Waals surface area contributed by atoms with E-state index < -0.39 is 0 Å². The topological polar surface area (TPSA) is 35.6 Å². The number of fused-ring (bicyclic) bond motifs is 1. The van der Waals surface area contributed by atoms with Crippen molar-refractivity contribution in [1.82, 2.24) is 10.2 Å². The molecule has 0 bridgehead atoms. The Balaban J connectivity index is 0.000000960. The van der Waals surface area contributed by atoms with Gasteiger partial charge in [0.05, 0.1) is 11.9 Å². The minimum absolute atomic E-state index is 0. The van der Waals surface area contributed by atoms with E-state index in [0.29, 0.717) is 11.9 Å². The van der Waals surface area contributed by atoms with Crippen molar-refractivity contribution in [2.75, 3.05) is 36.2 Å². The zero-order valence-corrected chi connectivity index (χ0v) is 15.4. The Hall–Kier alpha value is -0.620. The number of hydrogen-bond acceptors (Lipinski definition) is 4. The highest BCUT2D eigenvalue weighted by atomic mass is 35.5. The summed E-state index contributed by atoms with van der Waals surface area (Å²) in [5.41, 5.74) is 2.82. The van der Waals surface area contributed by atoms with Crippen LogP contribution in [0.15, 0.2) is 24.3 Å². The molecule has 4 rings (SSSR count). The number of benzene rings is 1. The lowest BCUT2D eigenvalue weighted by Gasteiger charge is -2.26. The highest BCUT2D eigenvalue weighted by Crippen LogP contribution is 2.32. The molecule has 2 atom stereocenters. The standard InChI is InChI=1S/C16H21N3OS.2ClH/c20-16(18-7-8-21-11-18)14-9-13(10-17-14)19-6-5-12-3-1-2-4-15(12)19;;/h1-4,13-14,17H,5-11H2;2*1H/t13-,14-;;/m0../s1. The molecule has 2 fully saturated rings. The maximum Gasteiger partial charge on any atom is 0.240 e. The summed E-state index contributed by atoms with van der Waals surface area (Å²) < 4.78 is 0. The Morgan fingerprint density at radius 1 is 1.22 bits per heavy atom. The average Bonchev–Trinajstić information content (AvgIpc) is 3.25. The Morgan fingerprint density at radius 2 is 2.04 bits per heavy atom. The van der Waals surface area contributed by atoms with E-state index in [2.05, 4.69) is 34.5 Å². The van der Waals surface area contributed by atoms with Gasteiger partial charge in [-0.1, -0.05) is 18.2 Å². The number of carbonyl (C=O) groups excluding carboxylic acids is 1. The van der Waals surface area contributed by atoms with Gasteiger partial charge in [0, 0.05) is 37.1 Å². The quantitative estimate of drug-likeness (QED) is 0.858. The third kappa shape index (κ3) is 3.58. The lowest BCUT2D eigenvalue weighted by atomic mass is 10.1. The lowest BCUT2D eigenvalue weighted by Crippen LogP contribution is -2.42. The molecule has 3 aliphatic heterocycles. The second-order valence-electron chi connectivity index (χ2n) is 6.06. The van der Waals surface area contributed by atoms with Crippen molar-refractivity contribution in [2.45, 2.75) is 24.9 Å². The molecule has 2 saturated heterocycles. The van der Waals surface area contributed by atoms with Gasteiger partial charge in [-0.25, -0.2) is 0 Å². The molecule has 0 aromatic heterocycles. The van der Waals surface area contributed by atoms with Gasteiger partial charge in [-0.05, 0) is 24.5 Å². The number of thioether (sulfide) groups is 1. The summed E-state index contributed by atoms with van der Waals surface area (Å²) in [6.07, 6.45) is 2.07. The minimum Gasteiger partial charge on any atom is -0.367 e. The number of rotatable bonds is 2. The van der Waals surface area contributed by atoms with Gasteiger partial charge in [0.25, 0.3) is 0 Å². The molecule has 3 heterocycles. The van der Waals surface area contributed by atoms with E-state index in [-0.39, 0.29) is 30.9 Å². The minimum atomic E-state index is 0. The van der Waals surface area contributed by atoms with Gasteiger partial charge in [0.2, 0.25) is 5.91 Å². The molecule has 1 aromatic carbocycles. The fourth-order valence-electron chi connectivity index (χ4n) is 3.69. The van der Waals surface area contributed by atoms with E-state index in [1.165, 1.54) is 11.3 Å². The highest BCUT2D eigenvalue weighted by molar-refractivity contribution is 7.99. The van der Waals surface area contributed by atoms with Crippen LogP contribution in [0.25, 0.3) is 0 Å². The zero-order valence-electron chi connectivity index (χ0n) is 12.9. The first-order chi connectivity index (χ1) is 10.3. The van der Waals surface area contributed by atoms with Crippen molar-refractivity contribution in [2.24, 2.45) is 0 Å². The van der Waals surface area contributed by atoms with Crippen molar-refractivity contribution in [3.05, 3.63) is 29.8 Å². The first kappa shape index (κ1) is 18.7. The molecule has 0 radical (unpaired) electrons. The summed E-state index contributed by atoms with van der Waals surface area (Å²) in [5, 5.41) is 3.45. The molecular weight excluding hydrogens is 353 g/mol. The van der Waals surface area contributed by atoms with Gasteiger partial charge in [0.15, 0.2) is 0 Å². The van der Waals surface area contributed by atoms with Crippen LogP contribution in [0.4, 0.5) is 5.69 Å². The van der Waals surface area contributed by atoms with Gasteiger partial charge in [-0.15, -0.1) is 36.6 Å². The van der Waals surface area contributed by atoms with Crippen LogP contribution in [0.1, 0.15) is 12.0 Å². The van der Waals surface area contributed by atoms with E-state index in [0.717, 1.165) is 44.1 Å². The van der Waals surface area contributed by atoms with Gasteiger partial charge >= 0.3 is 0 Å². The number of para-hydroxylation sites is 1. The Labute approximate surface area is 154 Å². The molecule has 128 valence electrons. The van der Waals surface area contributed by atoms with Crippen molar-refractivity contribution < 1.29 is 4.79 Å². The first-order valence-electron chi connectivity index (χ1n) is 7.77. The van der Waals surface area contributed by atoms with Crippen LogP contribution < -0.4 is 10.2 Å². The highest BCUT2D eigenvalue weighted by Gasteiger charge is 2.37. The summed E-state index contributed by atoms with van der Waals surface area (Å²) in [5.74, 6) is 2.25. The normalized spacial score (nSPS) is 25.7. The largest absolute Gasteiger partial charge is 0.367 e. The number of carbonyl (C=O) groups is 1. The van der Waals surface area contributed by atoms with Crippen LogP contribution in [0, 0.1) is 0 Å². The van der Waals surface area contributed by atoms with Gasteiger partial charge in [0.1, 0.15) is 0 Å². The predicted molar refractivity (Wildman–Crippen MR) is 101 cm³/mol. The maximum absolute atomic E-state index is 12.5. The molecule has 0 aliphatic carbocycles. The van der Waals surface area contributed by atoms with E-state index in [1.54, 1.807) is 0 Å². The molecule has 23 heavy (non-hydrogen) atoms. The number of nitrogens with one attached hydrogen (secondary N) is 1. The van der Waals surface area contributed by atoms with Gasteiger partial charge in [-0.3, -0.25) is 4.79 Å². The van der Waals surface area contributed by atoms with E-state index >= 15 is 0 Å². The SMILES string of the molecule is Cl.Cl.O=C([C@@H]1C[C@H](N2CCc3ccccc32)CN1)N1CCSC1. The average molecular weight is 376 g/mol. The van der Waals surface area contributed by atoms with Crippen molar-refractivity contribution in [3.8, 4) is 0 Å². The monoisotopic (exact) mass is 375 g/mol. The maximum atomic E-state index is 12.5. The molecule has 0 unspecified atom stereocenters. The van der Waals surface area contributed by atoms with Crippen molar-refractivity contribution in [3.63, 3.8) is 0 Å². The third-order valence-corrected chi connectivity index (χ3v) is 5.80. The molecule has 7 heteroatoms. The second kappa shape index (κ2) is 7.97. The second-order valence-corrected chi connectivity index (χ2v) is 7.14. The summed E-state index contributed by atoms with van der Waals surface area (Å²) in [6, 6.07) is 9.14. The van der Waals surface area contributed by atoms with Crippen LogP contribution in [0.3, 0.4) is 0 Å². The van der Waals surface area contributed by atoms with Gasteiger partial charge < -0.3 is 15.1 Å². The van der Waals surface area contributed by atoms with Crippen molar-refractivity contribution >= 4 is 48.2 Å². The molecule has 1 aromatic rings. The van der Waals surface area contributed by atoms with E-state index in [9.17, 15) is 4.79 Å². The summed E-state index contributed by atoms with van der Waals surface area (Å²) in [6.45, 7) is 2.93. The van der Waals surface area contributed by atoms with Crippen molar-refractivity contribution in [1.29, 1.82) is 0 Å². The Bertz CT molecular complexity index is 554. The number of amides is 1. The number of nitrogens with zero attached hydrogens (tertiary/aromatic N) is 2. The number of anilines is 1. The molecule has 4 nitrogen and oxygen atoms in total. The molecule has 3 aliphatic rings. The zero-order chi connectivity index (χ0) is 14.2. The fraction of sp³-hybridized carbons (Fsp3) is 0.562. The molecule has 1 N–H and O–H groups in total. The Kier molecular flexibility index (Phi) is 6.48. The van der Waals surface area contributed by atoms with E-state index in [4.69, 9.17) is 0 Å². The number of halogens is 2. The molecular formula is C16H23Cl2N3OS. The smallest absolute Gasteiger partial charge is 0.240 e. The summed E-state index contributed by atoms with van der Waals surface area (Å²) in [4.78, 5) is 17.0. The summed E-state index contributed by atoms with van der Waals surface area (Å²) in [7, 11) is 0. The molecule has 0 saturated carbocycles. The lowest BCUT2D eigenvalue weighted by molar-refractivity contribution is -0.131. The van der Waals surface area contributed by atoms with E-state index in [1.807, 2.05) is 16.7 Å². The van der Waals surface area contributed by atoms with Crippen LogP contribution in [0.5, 0.6) is 0 Å². The molecule has 0 spiro atoms. The predicted octanol–water partition coefficient (Wildman–Crippen LogP) is 2.16. The van der Waals surface area contributed by atoms with Crippen LogP contribution in [-0.2, 0) is 11.2 Å². The van der Waals surface area contributed by atoms with Crippen LogP contribution >= 0.6 is 36.6 Å². The fourth-order valence-corrected chi connectivity index (χ4v) is 4.65.